The molecule has 0 spiro atoms. The number of halogens is 1. The van der Waals surface area contributed by atoms with E-state index in [0.717, 1.165) is 16.0 Å². The highest BCUT2D eigenvalue weighted by Gasteiger charge is 2.39. The Bertz CT molecular complexity index is 1880. The summed E-state index contributed by atoms with van der Waals surface area (Å²) in [4.78, 5) is 40.6. The zero-order valence-electron chi connectivity index (χ0n) is 22.8. The molecule has 0 radical (unpaired) electrons. The van der Waals surface area contributed by atoms with Gasteiger partial charge in [0, 0.05) is 67.1 Å². The monoisotopic (exact) mass is 634 g/mol. The molecule has 1 unspecified atom stereocenters. The zero-order valence-corrected chi connectivity index (χ0v) is 25.2. The average Bonchev–Trinajstić information content (AvgIpc) is 3.69. The first-order chi connectivity index (χ1) is 20.8. The van der Waals surface area contributed by atoms with Gasteiger partial charge in [0.05, 0.1) is 10.9 Å². The number of hydrogen-bond acceptors (Lipinski definition) is 7. The lowest BCUT2D eigenvalue weighted by molar-refractivity contribution is -0.122. The van der Waals surface area contributed by atoms with Crippen LogP contribution in [0.25, 0.3) is 21.3 Å². The summed E-state index contributed by atoms with van der Waals surface area (Å²) in [6.07, 6.45) is 4.90. The summed E-state index contributed by atoms with van der Waals surface area (Å²) >= 11 is 7.34. The van der Waals surface area contributed by atoms with Gasteiger partial charge in [-0.3, -0.25) is 14.6 Å². The molecule has 5 aromatic rings. The van der Waals surface area contributed by atoms with Crippen molar-refractivity contribution in [1.82, 2.24) is 29.5 Å². The number of carbonyl (C=O) groups is 2. The molecule has 0 bridgehead atoms. The number of rotatable bonds is 8. The molecule has 3 aromatic heterocycles. The normalized spacial score (nSPS) is 15.9. The summed E-state index contributed by atoms with van der Waals surface area (Å²) in [6.45, 7) is 0.438. The van der Waals surface area contributed by atoms with Gasteiger partial charge >= 0.3 is 0 Å². The van der Waals surface area contributed by atoms with E-state index in [1.165, 1.54) is 15.6 Å². The van der Waals surface area contributed by atoms with E-state index in [4.69, 9.17) is 11.6 Å². The number of nitrogens with one attached hydrogen (secondary N) is 2. The van der Waals surface area contributed by atoms with E-state index >= 15 is 0 Å². The number of nitrogens with zero attached hydrogens (tertiary/aromatic N) is 4. The molecule has 6 rings (SSSR count). The van der Waals surface area contributed by atoms with Gasteiger partial charge in [0.15, 0.2) is 5.01 Å². The smallest absolute Gasteiger partial charge is 0.283 e. The van der Waals surface area contributed by atoms with Crippen LogP contribution in [0.3, 0.4) is 0 Å². The van der Waals surface area contributed by atoms with Gasteiger partial charge in [-0.25, -0.2) is 13.4 Å². The summed E-state index contributed by atoms with van der Waals surface area (Å²) in [5.41, 5.74) is 2.46. The highest BCUT2D eigenvalue weighted by Crippen LogP contribution is 2.29. The van der Waals surface area contributed by atoms with E-state index < -0.39 is 16.1 Å². The molecule has 43 heavy (non-hydrogen) atoms. The van der Waals surface area contributed by atoms with Crippen LogP contribution in [-0.4, -0.2) is 70.1 Å². The fourth-order valence-electron chi connectivity index (χ4n) is 5.07. The number of amides is 2. The number of carbonyl (C=O) groups excluding carboxylic acids is 2. The third-order valence-electron chi connectivity index (χ3n) is 7.29. The Morgan fingerprint density at radius 1 is 1.05 bits per heavy atom. The van der Waals surface area contributed by atoms with Crippen molar-refractivity contribution in [1.29, 1.82) is 0 Å². The van der Waals surface area contributed by atoms with Crippen LogP contribution in [0.2, 0.25) is 5.02 Å². The Labute approximate surface area is 257 Å². The Hall–Kier alpha value is -4.10. The van der Waals surface area contributed by atoms with Gasteiger partial charge in [-0.15, -0.1) is 11.3 Å². The van der Waals surface area contributed by atoms with Crippen LogP contribution in [0.5, 0.6) is 0 Å². The van der Waals surface area contributed by atoms with Crippen molar-refractivity contribution in [3.63, 3.8) is 0 Å². The maximum absolute atomic E-state index is 13.7. The number of benzene rings is 2. The molecule has 13 heteroatoms. The number of sulfonamides is 1. The van der Waals surface area contributed by atoms with Crippen LogP contribution in [0.15, 0.2) is 90.3 Å². The predicted octanol–water partition coefficient (Wildman–Crippen LogP) is 4.56. The minimum absolute atomic E-state index is 0.0266. The van der Waals surface area contributed by atoms with Gasteiger partial charge in [0.2, 0.25) is 5.91 Å². The van der Waals surface area contributed by atoms with Crippen molar-refractivity contribution in [2.75, 3.05) is 19.6 Å². The number of aromatic amines is 1. The van der Waals surface area contributed by atoms with Crippen molar-refractivity contribution in [3.05, 3.63) is 101 Å². The third-order valence-corrected chi connectivity index (χ3v) is 10.3. The first kappa shape index (κ1) is 29.0. The minimum atomic E-state index is -3.96. The molecule has 2 amide bonds. The van der Waals surface area contributed by atoms with Crippen molar-refractivity contribution in [3.8, 4) is 10.4 Å². The Morgan fingerprint density at radius 3 is 2.63 bits per heavy atom. The number of piperazine rings is 1. The second kappa shape index (κ2) is 12.3. The van der Waals surface area contributed by atoms with Crippen molar-refractivity contribution in [2.24, 2.45) is 0 Å². The molecule has 1 aliphatic heterocycles. The van der Waals surface area contributed by atoms with Gasteiger partial charge in [-0.2, -0.15) is 4.31 Å². The van der Waals surface area contributed by atoms with Crippen molar-refractivity contribution < 1.29 is 18.0 Å². The van der Waals surface area contributed by atoms with Gasteiger partial charge in [0.1, 0.15) is 5.03 Å². The van der Waals surface area contributed by atoms with E-state index in [-0.39, 0.29) is 47.9 Å². The highest BCUT2D eigenvalue weighted by atomic mass is 35.5. The van der Waals surface area contributed by atoms with Crippen LogP contribution in [-0.2, 0) is 21.4 Å². The summed E-state index contributed by atoms with van der Waals surface area (Å²) in [5, 5.41) is 4.36. The first-order valence-corrected chi connectivity index (χ1v) is 16.2. The number of aromatic nitrogens is 3. The van der Waals surface area contributed by atoms with Gasteiger partial charge < -0.3 is 15.2 Å². The molecule has 1 fully saturated rings. The molecule has 2 N–H and O–H groups in total. The van der Waals surface area contributed by atoms with Crippen molar-refractivity contribution >= 4 is 55.7 Å². The molecule has 10 nitrogen and oxygen atoms in total. The van der Waals surface area contributed by atoms with Crippen LogP contribution in [0.1, 0.15) is 21.8 Å². The number of thiazole rings is 1. The molecular formula is C30H27ClN6O4S2. The largest absolute Gasteiger partial charge is 0.352 e. The lowest BCUT2D eigenvalue weighted by Crippen LogP contribution is -2.57. The second-order valence-corrected chi connectivity index (χ2v) is 13.5. The van der Waals surface area contributed by atoms with Crippen LogP contribution in [0.4, 0.5) is 0 Å². The molecule has 1 atom stereocenters. The fraction of sp³-hybridized carbons (Fsp3) is 0.200. The highest BCUT2D eigenvalue weighted by molar-refractivity contribution is 7.89. The van der Waals surface area contributed by atoms with Crippen LogP contribution < -0.4 is 5.32 Å². The number of pyridine rings is 1. The topological polar surface area (TPSA) is 128 Å². The zero-order chi connectivity index (χ0) is 30.0. The fourth-order valence-corrected chi connectivity index (χ4v) is 7.61. The Morgan fingerprint density at radius 2 is 1.84 bits per heavy atom. The van der Waals surface area contributed by atoms with Gasteiger partial charge in [-0.1, -0.05) is 41.9 Å². The summed E-state index contributed by atoms with van der Waals surface area (Å²) in [5.74, 6) is -0.633. The molecule has 4 heterocycles. The molecule has 1 saturated heterocycles. The van der Waals surface area contributed by atoms with E-state index in [1.54, 1.807) is 47.8 Å². The number of H-pyrrole nitrogens is 1. The van der Waals surface area contributed by atoms with E-state index in [1.807, 2.05) is 42.5 Å². The number of hydrogen-bond donors (Lipinski definition) is 2. The molecule has 2 aromatic carbocycles. The van der Waals surface area contributed by atoms with Crippen molar-refractivity contribution in [2.45, 2.75) is 24.0 Å². The molecule has 0 saturated carbocycles. The molecular weight excluding hydrogens is 608 g/mol. The van der Waals surface area contributed by atoms with Gasteiger partial charge in [0.25, 0.3) is 15.9 Å². The summed E-state index contributed by atoms with van der Waals surface area (Å²) < 4.78 is 28.8. The predicted molar refractivity (Wildman–Crippen MR) is 165 cm³/mol. The van der Waals surface area contributed by atoms with Crippen LogP contribution in [0, 0.1) is 0 Å². The minimum Gasteiger partial charge on any atom is -0.352 e. The van der Waals surface area contributed by atoms with E-state index in [0.29, 0.717) is 22.5 Å². The molecule has 0 aliphatic carbocycles. The second-order valence-electron chi connectivity index (χ2n) is 10.1. The summed E-state index contributed by atoms with van der Waals surface area (Å²) in [6, 6.07) is 19.1. The van der Waals surface area contributed by atoms with Crippen LogP contribution >= 0.6 is 22.9 Å². The summed E-state index contributed by atoms with van der Waals surface area (Å²) in [7, 11) is -3.96. The Kier molecular flexibility index (Phi) is 8.26. The maximum atomic E-state index is 13.7. The van der Waals surface area contributed by atoms with Gasteiger partial charge in [-0.05, 0) is 47.5 Å². The lowest BCUT2D eigenvalue weighted by Gasteiger charge is -2.40. The maximum Gasteiger partial charge on any atom is 0.283 e. The SMILES string of the molecule is O=C(CC1CN(S(=O)(=O)c2cc3cc(Cl)ccc3[nH]2)CCN1C(=O)c1ncc(-c2ccncc2)s1)NCc1ccccc1. The standard InChI is InChI=1S/C30H27ClN6O4S2/c31-23-6-7-25-22(14-23)15-28(35-25)43(40,41)36-12-13-37(24(19-36)16-27(38)33-17-20-4-2-1-3-5-20)30(39)29-34-18-26(42-29)21-8-10-32-11-9-21/h1-11,14-15,18,24,35H,12-13,16-17,19H2,(H,33,38). The quantitative estimate of drug-likeness (QED) is 0.258. The molecule has 220 valence electrons. The molecule has 1 aliphatic rings. The number of fused-ring (bicyclic) bond motifs is 1. The van der Waals surface area contributed by atoms with E-state index in [2.05, 4.69) is 20.3 Å². The Balaban J connectivity index is 1.24. The lowest BCUT2D eigenvalue weighted by atomic mass is 10.1. The average molecular weight is 635 g/mol. The third kappa shape index (κ3) is 6.32. The van der Waals surface area contributed by atoms with E-state index in [9.17, 15) is 18.0 Å². The first-order valence-electron chi connectivity index (χ1n) is 13.5.